The van der Waals surface area contributed by atoms with E-state index in [0.717, 1.165) is 25.6 Å². The van der Waals surface area contributed by atoms with E-state index < -0.39 is 0 Å². The van der Waals surface area contributed by atoms with Crippen LogP contribution in [0.5, 0.6) is 0 Å². The fourth-order valence-electron chi connectivity index (χ4n) is 3.89. The summed E-state index contributed by atoms with van der Waals surface area (Å²) in [6, 6.07) is 0.699. The molecule has 4 atom stereocenters. The molecule has 0 bridgehead atoms. The maximum absolute atomic E-state index is 5.55. The second-order valence-corrected chi connectivity index (χ2v) is 6.33. The molecule has 2 aliphatic rings. The van der Waals surface area contributed by atoms with E-state index in [1.165, 1.54) is 38.6 Å². The van der Waals surface area contributed by atoms with Gasteiger partial charge in [0.15, 0.2) is 0 Å². The predicted octanol–water partition coefficient (Wildman–Crippen LogP) is 1.89. The molecule has 0 spiro atoms. The van der Waals surface area contributed by atoms with Crippen molar-refractivity contribution in [3.8, 4) is 0 Å². The van der Waals surface area contributed by atoms with Crippen LogP contribution < -0.4 is 5.32 Å². The average Bonchev–Trinajstić information content (AvgIpc) is 2.74. The highest BCUT2D eigenvalue weighted by Crippen LogP contribution is 2.26. The molecule has 118 valence electrons. The number of nitrogens with one attached hydrogen (secondary N) is 1. The number of rotatable bonds is 6. The highest BCUT2D eigenvalue weighted by Gasteiger charge is 2.35. The number of hydrogen-bond acceptors (Lipinski definition) is 4. The van der Waals surface area contributed by atoms with Gasteiger partial charge >= 0.3 is 0 Å². The highest BCUT2D eigenvalue weighted by molar-refractivity contribution is 4.89. The van der Waals surface area contributed by atoms with Crippen LogP contribution in [0.4, 0.5) is 0 Å². The van der Waals surface area contributed by atoms with E-state index in [0.29, 0.717) is 6.04 Å². The summed E-state index contributed by atoms with van der Waals surface area (Å²) in [5.74, 6) is 0.783. The van der Waals surface area contributed by atoms with Crippen LogP contribution in [0, 0.1) is 5.92 Å². The van der Waals surface area contributed by atoms with Gasteiger partial charge in [-0.1, -0.05) is 26.2 Å². The van der Waals surface area contributed by atoms with E-state index in [4.69, 9.17) is 9.47 Å². The molecule has 0 aromatic heterocycles. The summed E-state index contributed by atoms with van der Waals surface area (Å²) in [6.07, 6.45) is 7.36. The smallest absolute Gasteiger partial charge is 0.0971 e. The van der Waals surface area contributed by atoms with Gasteiger partial charge in [-0.3, -0.25) is 4.90 Å². The highest BCUT2D eigenvalue weighted by atomic mass is 16.5. The van der Waals surface area contributed by atoms with Gasteiger partial charge in [0.1, 0.15) is 0 Å². The summed E-state index contributed by atoms with van der Waals surface area (Å²) < 4.78 is 11.1. The standard InChI is InChI=1S/C16H32N2O2/c1-4-17-14-9-7-5-6-8-13(14)10-18-11-15(19-2)16(12-18)20-3/h13-17H,4-12H2,1-3H3. The van der Waals surface area contributed by atoms with E-state index in [-0.39, 0.29) is 12.2 Å². The first-order valence-corrected chi connectivity index (χ1v) is 8.29. The zero-order valence-corrected chi connectivity index (χ0v) is 13.4. The molecule has 0 aromatic carbocycles. The summed E-state index contributed by atoms with van der Waals surface area (Å²) in [5, 5.41) is 3.71. The molecule has 20 heavy (non-hydrogen) atoms. The summed E-state index contributed by atoms with van der Waals surface area (Å²) >= 11 is 0. The van der Waals surface area contributed by atoms with Gasteiger partial charge in [-0.2, -0.15) is 0 Å². The molecule has 0 radical (unpaired) electrons. The Morgan fingerprint density at radius 3 is 2.25 bits per heavy atom. The van der Waals surface area contributed by atoms with Crippen molar-refractivity contribution in [3.63, 3.8) is 0 Å². The monoisotopic (exact) mass is 284 g/mol. The molecule has 1 saturated heterocycles. The summed E-state index contributed by atoms with van der Waals surface area (Å²) in [5.41, 5.74) is 0. The van der Waals surface area contributed by atoms with Crippen LogP contribution in [0.3, 0.4) is 0 Å². The normalized spacial score (nSPS) is 36.1. The summed E-state index contributed by atoms with van der Waals surface area (Å²) in [6.45, 7) is 6.54. The molecule has 4 unspecified atom stereocenters. The molecule has 4 nitrogen and oxygen atoms in total. The zero-order valence-electron chi connectivity index (χ0n) is 13.4. The van der Waals surface area contributed by atoms with E-state index in [1.54, 1.807) is 14.2 Å². The first-order valence-electron chi connectivity index (χ1n) is 8.29. The Balaban J connectivity index is 1.89. The lowest BCUT2D eigenvalue weighted by Crippen LogP contribution is -2.41. The molecule has 1 aliphatic carbocycles. The Morgan fingerprint density at radius 2 is 1.65 bits per heavy atom. The molecule has 1 heterocycles. The largest absolute Gasteiger partial charge is 0.377 e. The lowest BCUT2D eigenvalue weighted by molar-refractivity contribution is -0.00461. The number of ether oxygens (including phenoxy) is 2. The second kappa shape index (κ2) is 8.32. The topological polar surface area (TPSA) is 33.7 Å². The Bertz CT molecular complexity index is 263. The van der Waals surface area contributed by atoms with Crippen LogP contribution >= 0.6 is 0 Å². The number of hydrogen-bond donors (Lipinski definition) is 1. The summed E-state index contributed by atoms with van der Waals surface area (Å²) in [7, 11) is 3.60. The third-order valence-electron chi connectivity index (χ3n) is 5.01. The average molecular weight is 284 g/mol. The van der Waals surface area contributed by atoms with Crippen molar-refractivity contribution in [1.82, 2.24) is 10.2 Å². The molecule has 1 N–H and O–H groups in total. The zero-order chi connectivity index (χ0) is 14.4. The molecule has 0 aromatic rings. The van der Waals surface area contributed by atoms with Crippen LogP contribution in [0.1, 0.15) is 39.0 Å². The quantitative estimate of drug-likeness (QED) is 0.755. The number of likely N-dealkylation sites (tertiary alicyclic amines) is 1. The fourth-order valence-corrected chi connectivity index (χ4v) is 3.89. The maximum atomic E-state index is 5.55. The van der Waals surface area contributed by atoms with Crippen molar-refractivity contribution < 1.29 is 9.47 Å². The van der Waals surface area contributed by atoms with E-state index in [2.05, 4.69) is 17.1 Å². The van der Waals surface area contributed by atoms with Gasteiger partial charge < -0.3 is 14.8 Å². The van der Waals surface area contributed by atoms with E-state index in [9.17, 15) is 0 Å². The van der Waals surface area contributed by atoms with Crippen LogP contribution in [-0.2, 0) is 9.47 Å². The Labute approximate surface area is 124 Å². The fraction of sp³-hybridized carbons (Fsp3) is 1.00. The Kier molecular flexibility index (Phi) is 6.75. The minimum Gasteiger partial charge on any atom is -0.377 e. The Hall–Kier alpha value is -0.160. The predicted molar refractivity (Wildman–Crippen MR) is 82.1 cm³/mol. The molecule has 1 saturated carbocycles. The third kappa shape index (κ3) is 4.17. The molecule has 1 aliphatic heterocycles. The minimum atomic E-state index is 0.239. The maximum Gasteiger partial charge on any atom is 0.0971 e. The molecular weight excluding hydrogens is 252 g/mol. The van der Waals surface area contributed by atoms with Crippen molar-refractivity contribution >= 4 is 0 Å². The Morgan fingerprint density at radius 1 is 1.00 bits per heavy atom. The second-order valence-electron chi connectivity index (χ2n) is 6.33. The molecule has 2 fully saturated rings. The van der Waals surface area contributed by atoms with E-state index in [1.807, 2.05) is 0 Å². The van der Waals surface area contributed by atoms with Crippen molar-refractivity contribution in [3.05, 3.63) is 0 Å². The summed E-state index contributed by atoms with van der Waals surface area (Å²) in [4.78, 5) is 2.54. The van der Waals surface area contributed by atoms with Crippen molar-refractivity contribution in [1.29, 1.82) is 0 Å². The van der Waals surface area contributed by atoms with Crippen molar-refractivity contribution in [2.24, 2.45) is 5.92 Å². The molecular formula is C16H32N2O2. The molecule has 4 heteroatoms. The van der Waals surface area contributed by atoms with Gasteiger partial charge in [0.05, 0.1) is 12.2 Å². The lowest BCUT2D eigenvalue weighted by Gasteiger charge is -2.29. The SMILES string of the molecule is CCNC1CCCCCC1CN1CC(OC)C(OC)C1. The lowest BCUT2D eigenvalue weighted by atomic mass is 9.94. The van der Waals surface area contributed by atoms with Gasteiger partial charge in [0, 0.05) is 39.9 Å². The van der Waals surface area contributed by atoms with E-state index >= 15 is 0 Å². The van der Waals surface area contributed by atoms with Crippen LogP contribution in [-0.4, -0.2) is 63.5 Å². The van der Waals surface area contributed by atoms with Gasteiger partial charge in [-0.15, -0.1) is 0 Å². The van der Waals surface area contributed by atoms with Crippen LogP contribution in [0.2, 0.25) is 0 Å². The number of methoxy groups -OCH3 is 2. The first kappa shape index (κ1) is 16.2. The van der Waals surface area contributed by atoms with Gasteiger partial charge in [-0.25, -0.2) is 0 Å². The number of nitrogens with zero attached hydrogens (tertiary/aromatic N) is 1. The van der Waals surface area contributed by atoms with Crippen LogP contribution in [0.25, 0.3) is 0 Å². The van der Waals surface area contributed by atoms with Gasteiger partial charge in [0.25, 0.3) is 0 Å². The first-order chi connectivity index (χ1) is 9.78. The third-order valence-corrected chi connectivity index (χ3v) is 5.01. The van der Waals surface area contributed by atoms with Gasteiger partial charge in [0.2, 0.25) is 0 Å². The molecule has 0 amide bonds. The molecule has 2 rings (SSSR count). The van der Waals surface area contributed by atoms with Crippen LogP contribution in [0.15, 0.2) is 0 Å². The minimum absolute atomic E-state index is 0.239. The van der Waals surface area contributed by atoms with Gasteiger partial charge in [-0.05, 0) is 25.3 Å². The van der Waals surface area contributed by atoms with Crippen molar-refractivity contribution in [2.75, 3.05) is 40.4 Å². The van der Waals surface area contributed by atoms with Crippen molar-refractivity contribution in [2.45, 2.75) is 57.3 Å².